The van der Waals surface area contributed by atoms with Crippen LogP contribution in [0.2, 0.25) is 0 Å². The first kappa shape index (κ1) is 23.2. The summed E-state index contributed by atoms with van der Waals surface area (Å²) in [5.41, 5.74) is 0. The Morgan fingerprint density at radius 1 is 0.727 bits per heavy atom. The summed E-state index contributed by atoms with van der Waals surface area (Å²) in [5.74, 6) is -0.833. The zero-order valence-electron chi connectivity index (χ0n) is 15.2. The Labute approximate surface area is 138 Å². The molecule has 0 atom stereocenters. The van der Waals surface area contributed by atoms with E-state index in [1.807, 2.05) is 0 Å². The first-order chi connectivity index (χ1) is 10.6. The highest BCUT2D eigenvalue weighted by molar-refractivity contribution is 5.62. The predicted molar refractivity (Wildman–Crippen MR) is 98.3 cm³/mol. The molecule has 22 heavy (non-hydrogen) atoms. The number of carboxylic acids is 1. The lowest BCUT2D eigenvalue weighted by Gasteiger charge is -1.99. The molecule has 0 radical (unpaired) electrons. The minimum atomic E-state index is -0.833. The van der Waals surface area contributed by atoms with Gasteiger partial charge in [-0.1, -0.05) is 76.7 Å². The summed E-state index contributed by atoms with van der Waals surface area (Å²) in [7, 11) is 0. The normalized spacial score (nSPS) is 10.9. The van der Waals surface area contributed by atoms with E-state index >= 15 is 0 Å². The van der Waals surface area contributed by atoms with Gasteiger partial charge in [0.05, 0.1) is 0 Å². The van der Waals surface area contributed by atoms with Crippen molar-refractivity contribution in [2.24, 2.45) is 0 Å². The molecule has 0 amide bonds. The highest BCUT2D eigenvalue weighted by Crippen LogP contribution is 2.09. The molecule has 0 fully saturated rings. The average molecular weight is 311 g/mol. The summed E-state index contributed by atoms with van der Waals surface area (Å²) in [6.07, 6.45) is 25.5. The van der Waals surface area contributed by atoms with E-state index in [-0.39, 0.29) is 0 Å². The summed E-state index contributed by atoms with van der Waals surface area (Å²) in [6.45, 7) is 5.54. The molecule has 0 unspecified atom stereocenters. The standard InChI is InChI=1S/C18H34.C2H4O2/c1-3-5-7-9-11-13-15-17-18-16-14-12-10-8-6-4-2;1-2(3)4/h5,7,10,12H,3-4,6,8-9,11,13-18H2,1-2H3;1H3,(H,3,4). The van der Waals surface area contributed by atoms with Crippen LogP contribution in [0.4, 0.5) is 0 Å². The van der Waals surface area contributed by atoms with Gasteiger partial charge in [-0.2, -0.15) is 0 Å². The van der Waals surface area contributed by atoms with Crippen LogP contribution in [0.3, 0.4) is 0 Å². The maximum Gasteiger partial charge on any atom is 0.300 e. The first-order valence-electron chi connectivity index (χ1n) is 9.14. The van der Waals surface area contributed by atoms with Crippen LogP contribution >= 0.6 is 0 Å². The highest BCUT2D eigenvalue weighted by Gasteiger charge is 1.89. The van der Waals surface area contributed by atoms with E-state index in [9.17, 15) is 0 Å². The smallest absolute Gasteiger partial charge is 0.300 e. The van der Waals surface area contributed by atoms with Crippen molar-refractivity contribution < 1.29 is 9.90 Å². The quantitative estimate of drug-likeness (QED) is 0.296. The SMILES string of the molecule is CC(=O)O.CCC=CCCCCCCCCC=CCCCC. The second-order valence-corrected chi connectivity index (χ2v) is 5.71. The number of aliphatic carboxylic acids is 1. The second-order valence-electron chi connectivity index (χ2n) is 5.71. The molecule has 0 rings (SSSR count). The Morgan fingerprint density at radius 2 is 1.09 bits per heavy atom. The van der Waals surface area contributed by atoms with Crippen LogP contribution in [0.1, 0.15) is 97.8 Å². The molecule has 0 spiro atoms. The van der Waals surface area contributed by atoms with E-state index in [0.717, 1.165) is 6.92 Å². The minimum Gasteiger partial charge on any atom is -0.481 e. The Hall–Kier alpha value is -1.05. The van der Waals surface area contributed by atoms with Gasteiger partial charge in [0.1, 0.15) is 0 Å². The lowest BCUT2D eigenvalue weighted by molar-refractivity contribution is -0.134. The summed E-state index contributed by atoms with van der Waals surface area (Å²) < 4.78 is 0. The molecular formula is C20H38O2. The van der Waals surface area contributed by atoms with Crippen LogP contribution in [-0.2, 0) is 4.79 Å². The van der Waals surface area contributed by atoms with Crippen LogP contribution in [0.5, 0.6) is 0 Å². The monoisotopic (exact) mass is 310 g/mol. The molecule has 1 N–H and O–H groups in total. The van der Waals surface area contributed by atoms with Crippen molar-refractivity contribution in [3.05, 3.63) is 24.3 Å². The molecule has 0 aliphatic carbocycles. The molecular weight excluding hydrogens is 272 g/mol. The molecule has 0 saturated carbocycles. The minimum absolute atomic E-state index is 0.833. The fourth-order valence-electron chi connectivity index (χ4n) is 2.07. The molecule has 0 aromatic heterocycles. The van der Waals surface area contributed by atoms with Gasteiger partial charge in [0.2, 0.25) is 0 Å². The van der Waals surface area contributed by atoms with Crippen LogP contribution in [-0.4, -0.2) is 11.1 Å². The molecule has 130 valence electrons. The topological polar surface area (TPSA) is 37.3 Å². The van der Waals surface area contributed by atoms with Crippen molar-refractivity contribution in [2.75, 3.05) is 0 Å². The Bertz CT molecular complexity index is 263. The molecule has 0 aromatic rings. The van der Waals surface area contributed by atoms with Gasteiger partial charge in [0.25, 0.3) is 5.97 Å². The molecule has 0 bridgehead atoms. The molecule has 2 nitrogen and oxygen atoms in total. The zero-order valence-corrected chi connectivity index (χ0v) is 15.2. The molecule has 2 heteroatoms. The third-order valence-electron chi connectivity index (χ3n) is 3.28. The van der Waals surface area contributed by atoms with Crippen LogP contribution in [0, 0.1) is 0 Å². The lowest BCUT2D eigenvalue weighted by Crippen LogP contribution is -1.79. The van der Waals surface area contributed by atoms with E-state index in [2.05, 4.69) is 38.2 Å². The molecule has 0 heterocycles. The number of hydrogen-bond acceptors (Lipinski definition) is 1. The Kier molecular flexibility index (Phi) is 23.5. The number of unbranched alkanes of at least 4 members (excludes halogenated alkanes) is 9. The Morgan fingerprint density at radius 3 is 1.50 bits per heavy atom. The summed E-state index contributed by atoms with van der Waals surface area (Å²) in [4.78, 5) is 9.00. The summed E-state index contributed by atoms with van der Waals surface area (Å²) in [6, 6.07) is 0. The van der Waals surface area contributed by atoms with E-state index in [4.69, 9.17) is 9.90 Å². The maximum absolute atomic E-state index is 9.00. The maximum atomic E-state index is 9.00. The van der Waals surface area contributed by atoms with Gasteiger partial charge in [0, 0.05) is 6.92 Å². The number of rotatable bonds is 13. The summed E-state index contributed by atoms with van der Waals surface area (Å²) >= 11 is 0. The highest BCUT2D eigenvalue weighted by atomic mass is 16.4. The fourth-order valence-corrected chi connectivity index (χ4v) is 2.07. The fraction of sp³-hybridized carbons (Fsp3) is 0.750. The van der Waals surface area contributed by atoms with Crippen molar-refractivity contribution in [3.63, 3.8) is 0 Å². The van der Waals surface area contributed by atoms with Crippen molar-refractivity contribution in [1.29, 1.82) is 0 Å². The largest absolute Gasteiger partial charge is 0.481 e. The van der Waals surface area contributed by atoms with Gasteiger partial charge >= 0.3 is 0 Å². The predicted octanol–water partition coefficient (Wildman–Crippen LogP) is 6.91. The van der Waals surface area contributed by atoms with Gasteiger partial charge in [-0.05, 0) is 38.5 Å². The number of carbonyl (C=O) groups is 1. The van der Waals surface area contributed by atoms with Crippen LogP contribution < -0.4 is 0 Å². The molecule has 0 aliphatic heterocycles. The molecule has 0 aromatic carbocycles. The van der Waals surface area contributed by atoms with Crippen molar-refractivity contribution in [1.82, 2.24) is 0 Å². The number of allylic oxidation sites excluding steroid dienone is 4. The third-order valence-corrected chi connectivity index (χ3v) is 3.28. The lowest BCUT2D eigenvalue weighted by atomic mass is 10.1. The van der Waals surface area contributed by atoms with Crippen LogP contribution in [0.25, 0.3) is 0 Å². The van der Waals surface area contributed by atoms with E-state index in [1.54, 1.807) is 0 Å². The zero-order chi connectivity index (χ0) is 16.9. The number of hydrogen-bond donors (Lipinski definition) is 1. The van der Waals surface area contributed by atoms with Crippen molar-refractivity contribution >= 4 is 5.97 Å². The molecule has 0 aliphatic rings. The van der Waals surface area contributed by atoms with Gasteiger partial charge in [-0.25, -0.2) is 0 Å². The Balaban J connectivity index is 0. The third kappa shape index (κ3) is 31.4. The number of carboxylic acid groups (broad SMARTS) is 1. The van der Waals surface area contributed by atoms with Crippen molar-refractivity contribution in [3.8, 4) is 0 Å². The molecule has 0 saturated heterocycles. The van der Waals surface area contributed by atoms with Crippen LogP contribution in [0.15, 0.2) is 24.3 Å². The van der Waals surface area contributed by atoms with E-state index in [1.165, 1.54) is 77.0 Å². The van der Waals surface area contributed by atoms with E-state index in [0.29, 0.717) is 0 Å². The van der Waals surface area contributed by atoms with Gasteiger partial charge in [-0.15, -0.1) is 0 Å². The van der Waals surface area contributed by atoms with Gasteiger partial charge < -0.3 is 5.11 Å². The summed E-state index contributed by atoms with van der Waals surface area (Å²) in [5, 5.41) is 7.42. The first-order valence-corrected chi connectivity index (χ1v) is 9.14. The second kappa shape index (κ2) is 22.2. The van der Waals surface area contributed by atoms with Gasteiger partial charge in [-0.3, -0.25) is 4.79 Å². The van der Waals surface area contributed by atoms with Crippen molar-refractivity contribution in [2.45, 2.75) is 97.8 Å². The van der Waals surface area contributed by atoms with E-state index < -0.39 is 5.97 Å². The average Bonchev–Trinajstić information content (AvgIpc) is 2.47. The van der Waals surface area contributed by atoms with Gasteiger partial charge in [0.15, 0.2) is 0 Å².